The number of anilines is 4. The lowest BCUT2D eigenvalue weighted by atomic mass is 10.2. The summed E-state index contributed by atoms with van der Waals surface area (Å²) < 4.78 is 0. The molecule has 0 bridgehead atoms. The summed E-state index contributed by atoms with van der Waals surface area (Å²) in [4.78, 5) is 4.51. The minimum Gasteiger partial charge on any atom is -0.388 e. The zero-order valence-electron chi connectivity index (χ0n) is 17.0. The van der Waals surface area contributed by atoms with Crippen LogP contribution in [0.15, 0.2) is 48.5 Å². The predicted octanol–water partition coefficient (Wildman–Crippen LogP) is 4.53. The molecule has 0 aromatic heterocycles. The van der Waals surface area contributed by atoms with Crippen LogP contribution in [0, 0.1) is 5.41 Å². The van der Waals surface area contributed by atoms with Gasteiger partial charge in [-0.05, 0) is 56.2 Å². The maximum absolute atomic E-state index is 7.44. The molecule has 2 aromatic carbocycles. The van der Waals surface area contributed by atoms with Gasteiger partial charge in [-0.15, -0.1) is 0 Å². The van der Waals surface area contributed by atoms with E-state index in [2.05, 4.69) is 50.8 Å². The summed E-state index contributed by atoms with van der Waals surface area (Å²) in [5.74, 6) is 0. The first-order valence-electron chi connectivity index (χ1n) is 9.60. The van der Waals surface area contributed by atoms with Gasteiger partial charge in [0.1, 0.15) is 0 Å². The second-order valence-electron chi connectivity index (χ2n) is 6.89. The van der Waals surface area contributed by atoms with Crippen molar-refractivity contribution in [2.45, 2.75) is 19.8 Å². The van der Waals surface area contributed by atoms with Crippen molar-refractivity contribution in [3.05, 3.63) is 48.5 Å². The fourth-order valence-electron chi connectivity index (χ4n) is 3.27. The minimum absolute atomic E-state index is 0.665. The third kappa shape index (κ3) is 6.20. The van der Waals surface area contributed by atoms with E-state index in [1.807, 2.05) is 46.3 Å². The molecule has 1 aliphatic rings. The molecule has 0 unspecified atom stereocenters. The molecule has 5 nitrogen and oxygen atoms in total. The SMILES string of the molecule is CNc1ccc(N2CCCC2)cc1.CNc1ccccc1N(C)CC(C)=N. The smallest absolute Gasteiger partial charge is 0.0602 e. The Kier molecular flexibility index (Phi) is 7.99. The number of para-hydroxylation sites is 2. The van der Waals surface area contributed by atoms with Crippen LogP contribution in [-0.4, -0.2) is 46.5 Å². The van der Waals surface area contributed by atoms with Crippen LogP contribution in [-0.2, 0) is 0 Å². The third-order valence-electron chi connectivity index (χ3n) is 4.69. The van der Waals surface area contributed by atoms with E-state index >= 15 is 0 Å². The lowest BCUT2D eigenvalue weighted by molar-refractivity contribution is 0.949. The second kappa shape index (κ2) is 10.5. The molecular weight excluding hydrogens is 334 g/mol. The standard InChI is InChI=1S/C11H17N3.C11H16N2/c1-9(12)8-14(3)11-7-5-4-6-10(11)13-2;1-12-10-4-6-11(7-5-10)13-8-2-3-9-13/h4-7,12-13H,8H2,1-3H3;4-7,12H,2-3,8-9H2,1H3. The topological polar surface area (TPSA) is 54.4 Å². The minimum atomic E-state index is 0.665. The third-order valence-corrected chi connectivity index (χ3v) is 4.69. The van der Waals surface area contributed by atoms with Gasteiger partial charge in [0.15, 0.2) is 0 Å². The molecule has 0 atom stereocenters. The Morgan fingerprint density at radius 1 is 1.00 bits per heavy atom. The molecule has 3 rings (SSSR count). The van der Waals surface area contributed by atoms with Crippen LogP contribution in [0.1, 0.15) is 19.8 Å². The highest BCUT2D eigenvalue weighted by Crippen LogP contribution is 2.23. The molecular formula is C22H33N5. The maximum Gasteiger partial charge on any atom is 0.0602 e. The summed E-state index contributed by atoms with van der Waals surface area (Å²) in [6.07, 6.45) is 2.68. The molecule has 1 aliphatic heterocycles. The monoisotopic (exact) mass is 367 g/mol. The van der Waals surface area contributed by atoms with Crippen LogP contribution >= 0.6 is 0 Å². The second-order valence-corrected chi connectivity index (χ2v) is 6.89. The van der Waals surface area contributed by atoms with Crippen molar-refractivity contribution in [1.82, 2.24) is 0 Å². The van der Waals surface area contributed by atoms with Crippen LogP contribution in [0.2, 0.25) is 0 Å². The fourth-order valence-corrected chi connectivity index (χ4v) is 3.27. The molecule has 0 saturated carbocycles. The van der Waals surface area contributed by atoms with E-state index < -0.39 is 0 Å². The zero-order valence-corrected chi connectivity index (χ0v) is 17.0. The highest BCUT2D eigenvalue weighted by molar-refractivity contribution is 5.85. The largest absolute Gasteiger partial charge is 0.388 e. The van der Waals surface area contributed by atoms with Crippen LogP contribution in [0.5, 0.6) is 0 Å². The number of rotatable bonds is 6. The molecule has 0 radical (unpaired) electrons. The number of nitrogens with one attached hydrogen (secondary N) is 3. The quantitative estimate of drug-likeness (QED) is 0.657. The van der Waals surface area contributed by atoms with Crippen LogP contribution in [0.3, 0.4) is 0 Å². The van der Waals surface area contributed by atoms with E-state index in [1.165, 1.54) is 37.3 Å². The summed E-state index contributed by atoms with van der Waals surface area (Å²) in [6, 6.07) is 16.7. The average Bonchev–Trinajstić information content (AvgIpc) is 3.23. The number of hydrogen-bond acceptors (Lipinski definition) is 5. The van der Waals surface area contributed by atoms with E-state index in [0.717, 1.165) is 11.4 Å². The summed E-state index contributed by atoms with van der Waals surface area (Å²) >= 11 is 0. The number of nitrogens with zero attached hydrogens (tertiary/aromatic N) is 2. The molecule has 1 saturated heterocycles. The Bertz CT molecular complexity index is 705. The van der Waals surface area contributed by atoms with Crippen molar-refractivity contribution in [3.63, 3.8) is 0 Å². The maximum atomic E-state index is 7.44. The number of benzene rings is 2. The van der Waals surface area contributed by atoms with E-state index in [0.29, 0.717) is 12.3 Å². The molecule has 2 aromatic rings. The summed E-state index contributed by atoms with van der Waals surface area (Å²) in [5, 5.41) is 13.7. The number of hydrogen-bond donors (Lipinski definition) is 3. The van der Waals surface area contributed by atoms with Gasteiger partial charge in [-0.25, -0.2) is 0 Å². The normalized spacial score (nSPS) is 12.8. The Hall–Kier alpha value is -2.69. The van der Waals surface area contributed by atoms with Gasteiger partial charge in [-0.1, -0.05) is 12.1 Å². The molecule has 0 amide bonds. The lowest BCUT2D eigenvalue weighted by Crippen LogP contribution is -2.24. The van der Waals surface area contributed by atoms with Gasteiger partial charge in [-0.2, -0.15) is 0 Å². The summed E-state index contributed by atoms with van der Waals surface area (Å²) in [5.41, 5.74) is 5.43. The summed E-state index contributed by atoms with van der Waals surface area (Å²) in [6.45, 7) is 4.93. The Balaban J connectivity index is 0.000000194. The van der Waals surface area contributed by atoms with Crippen molar-refractivity contribution in [2.75, 3.05) is 61.2 Å². The molecule has 1 fully saturated rings. The molecule has 5 heteroatoms. The van der Waals surface area contributed by atoms with Crippen molar-refractivity contribution in [1.29, 1.82) is 5.41 Å². The molecule has 0 spiro atoms. The highest BCUT2D eigenvalue weighted by atomic mass is 15.1. The molecule has 0 aliphatic carbocycles. The highest BCUT2D eigenvalue weighted by Gasteiger charge is 2.11. The van der Waals surface area contributed by atoms with Crippen molar-refractivity contribution < 1.29 is 0 Å². The van der Waals surface area contributed by atoms with E-state index in [-0.39, 0.29) is 0 Å². The zero-order chi connectivity index (χ0) is 19.6. The van der Waals surface area contributed by atoms with Crippen LogP contribution in [0.25, 0.3) is 0 Å². The molecule has 1 heterocycles. The van der Waals surface area contributed by atoms with Crippen LogP contribution < -0.4 is 20.4 Å². The van der Waals surface area contributed by atoms with Gasteiger partial charge < -0.3 is 25.8 Å². The summed E-state index contributed by atoms with van der Waals surface area (Å²) in [7, 11) is 5.85. The van der Waals surface area contributed by atoms with E-state index in [1.54, 1.807) is 0 Å². The van der Waals surface area contributed by atoms with Crippen molar-refractivity contribution >= 4 is 28.5 Å². The first kappa shape index (κ1) is 20.6. The average molecular weight is 368 g/mol. The Morgan fingerprint density at radius 3 is 2.19 bits per heavy atom. The molecule has 3 N–H and O–H groups in total. The predicted molar refractivity (Wildman–Crippen MR) is 120 cm³/mol. The van der Waals surface area contributed by atoms with Gasteiger partial charge >= 0.3 is 0 Å². The molecule has 146 valence electrons. The van der Waals surface area contributed by atoms with Gasteiger partial charge in [0.05, 0.1) is 17.9 Å². The van der Waals surface area contributed by atoms with Gasteiger partial charge in [0, 0.05) is 51.3 Å². The van der Waals surface area contributed by atoms with Crippen LogP contribution in [0.4, 0.5) is 22.7 Å². The first-order valence-corrected chi connectivity index (χ1v) is 9.60. The fraction of sp³-hybridized carbons (Fsp3) is 0.409. The lowest BCUT2D eigenvalue weighted by Gasteiger charge is -2.21. The first-order chi connectivity index (χ1) is 13.0. The Morgan fingerprint density at radius 2 is 1.63 bits per heavy atom. The van der Waals surface area contributed by atoms with E-state index in [9.17, 15) is 0 Å². The van der Waals surface area contributed by atoms with Gasteiger partial charge in [0.2, 0.25) is 0 Å². The Labute approximate surface area is 163 Å². The van der Waals surface area contributed by atoms with Crippen molar-refractivity contribution in [3.8, 4) is 0 Å². The van der Waals surface area contributed by atoms with Crippen molar-refractivity contribution in [2.24, 2.45) is 0 Å². The van der Waals surface area contributed by atoms with Gasteiger partial charge in [-0.3, -0.25) is 0 Å². The van der Waals surface area contributed by atoms with E-state index in [4.69, 9.17) is 5.41 Å². The molecule has 27 heavy (non-hydrogen) atoms. The van der Waals surface area contributed by atoms with Gasteiger partial charge in [0.25, 0.3) is 0 Å².